The Morgan fingerprint density at radius 2 is 2.00 bits per heavy atom. The fourth-order valence-corrected chi connectivity index (χ4v) is 5.48. The number of halogens is 2. The van der Waals surface area contributed by atoms with E-state index in [0.29, 0.717) is 27.1 Å². The molecule has 29 heavy (non-hydrogen) atoms. The molecule has 0 aliphatic heterocycles. The minimum absolute atomic E-state index is 0.187. The van der Waals surface area contributed by atoms with Crippen LogP contribution in [0.1, 0.15) is 65.3 Å². The molecule has 1 N–H and O–H groups in total. The van der Waals surface area contributed by atoms with Gasteiger partial charge in [-0.1, -0.05) is 44.0 Å². The van der Waals surface area contributed by atoms with Gasteiger partial charge in [0.1, 0.15) is 5.00 Å². The summed E-state index contributed by atoms with van der Waals surface area (Å²) in [5, 5.41) is 4.14. The van der Waals surface area contributed by atoms with Crippen molar-refractivity contribution in [3.8, 4) is 0 Å². The Balaban J connectivity index is 1.96. The highest BCUT2D eigenvalue weighted by Crippen LogP contribution is 2.44. The largest absolute Gasteiger partial charge is 0.462 e. The van der Waals surface area contributed by atoms with Crippen LogP contribution in [0.25, 0.3) is 0 Å². The lowest BCUT2D eigenvalue weighted by molar-refractivity contribution is 0.0526. The Hall–Kier alpha value is -1.56. The molecule has 1 aliphatic carbocycles. The summed E-state index contributed by atoms with van der Waals surface area (Å²) >= 11 is 13.6. The third kappa shape index (κ3) is 4.79. The lowest BCUT2D eigenvalue weighted by Crippen LogP contribution is -2.26. The van der Waals surface area contributed by atoms with Crippen LogP contribution in [-0.4, -0.2) is 18.5 Å². The smallest absolute Gasteiger partial charge is 0.341 e. The molecule has 0 spiro atoms. The Kier molecular flexibility index (Phi) is 6.61. The van der Waals surface area contributed by atoms with E-state index in [1.54, 1.807) is 19.1 Å². The van der Waals surface area contributed by atoms with Crippen molar-refractivity contribution in [2.45, 2.75) is 47.0 Å². The topological polar surface area (TPSA) is 55.4 Å². The number of fused-ring (bicyclic) bond motifs is 1. The number of rotatable bonds is 4. The molecule has 0 saturated heterocycles. The molecule has 156 valence electrons. The second-order valence-corrected chi connectivity index (χ2v) is 10.3. The van der Waals surface area contributed by atoms with Gasteiger partial charge in [0.25, 0.3) is 5.91 Å². The third-order valence-electron chi connectivity index (χ3n) is 5.37. The van der Waals surface area contributed by atoms with Crippen molar-refractivity contribution in [1.29, 1.82) is 0 Å². The molecule has 0 bridgehead atoms. The van der Waals surface area contributed by atoms with E-state index in [9.17, 15) is 9.59 Å². The Morgan fingerprint density at radius 3 is 2.62 bits per heavy atom. The molecule has 0 saturated carbocycles. The SMILES string of the molecule is CCOC(=O)c1c(NC(=O)c2ccc(Cl)cc2Cl)sc2c1CCC(C(C)(C)C)C2. The molecular formula is C22H25Cl2NO3S. The summed E-state index contributed by atoms with van der Waals surface area (Å²) in [7, 11) is 0. The number of esters is 1. The average Bonchev–Trinajstić information content (AvgIpc) is 2.97. The number of hydrogen-bond acceptors (Lipinski definition) is 4. The number of anilines is 1. The van der Waals surface area contributed by atoms with Gasteiger partial charge in [0.05, 0.1) is 22.8 Å². The first-order valence-electron chi connectivity index (χ1n) is 9.69. The number of benzene rings is 1. The summed E-state index contributed by atoms with van der Waals surface area (Å²) in [6.45, 7) is 8.79. The normalized spacial score (nSPS) is 16.3. The predicted octanol–water partition coefficient (Wildman–Crippen LogP) is 6.63. The van der Waals surface area contributed by atoms with Gasteiger partial charge >= 0.3 is 5.97 Å². The monoisotopic (exact) mass is 453 g/mol. The van der Waals surface area contributed by atoms with Gasteiger partial charge in [-0.05, 0) is 61.3 Å². The molecule has 2 aromatic rings. The Labute approximate surface area is 185 Å². The maximum Gasteiger partial charge on any atom is 0.341 e. The van der Waals surface area contributed by atoms with E-state index in [1.165, 1.54) is 17.4 Å². The van der Waals surface area contributed by atoms with E-state index >= 15 is 0 Å². The highest BCUT2D eigenvalue weighted by molar-refractivity contribution is 7.17. The van der Waals surface area contributed by atoms with Gasteiger partial charge in [0.2, 0.25) is 0 Å². The zero-order valence-electron chi connectivity index (χ0n) is 17.0. The van der Waals surface area contributed by atoms with Gasteiger partial charge < -0.3 is 10.1 Å². The number of carbonyl (C=O) groups excluding carboxylic acids is 2. The fraction of sp³-hybridized carbons (Fsp3) is 0.455. The van der Waals surface area contributed by atoms with Gasteiger partial charge in [-0.3, -0.25) is 4.79 Å². The van der Waals surface area contributed by atoms with E-state index in [-0.39, 0.29) is 23.0 Å². The first-order chi connectivity index (χ1) is 13.6. The molecule has 1 aromatic carbocycles. The predicted molar refractivity (Wildman–Crippen MR) is 120 cm³/mol. The van der Waals surface area contributed by atoms with E-state index in [1.807, 2.05) is 0 Å². The van der Waals surface area contributed by atoms with Crippen LogP contribution >= 0.6 is 34.5 Å². The number of amides is 1. The molecule has 1 unspecified atom stereocenters. The molecule has 1 aliphatic rings. The van der Waals surface area contributed by atoms with Gasteiger partial charge in [-0.2, -0.15) is 0 Å². The van der Waals surface area contributed by atoms with E-state index in [2.05, 4.69) is 26.1 Å². The second-order valence-electron chi connectivity index (χ2n) is 8.31. The summed E-state index contributed by atoms with van der Waals surface area (Å²) < 4.78 is 5.29. The molecule has 0 fully saturated rings. The van der Waals surface area contributed by atoms with Crippen LogP contribution in [0.4, 0.5) is 5.00 Å². The van der Waals surface area contributed by atoms with Crippen LogP contribution in [-0.2, 0) is 17.6 Å². The Morgan fingerprint density at radius 1 is 1.28 bits per heavy atom. The number of nitrogens with one attached hydrogen (secondary N) is 1. The first kappa shape index (κ1) is 22.1. The van der Waals surface area contributed by atoms with Crippen molar-refractivity contribution in [3.63, 3.8) is 0 Å². The average molecular weight is 454 g/mol. The molecule has 1 amide bonds. The number of carbonyl (C=O) groups is 2. The highest BCUT2D eigenvalue weighted by atomic mass is 35.5. The number of ether oxygens (including phenoxy) is 1. The van der Waals surface area contributed by atoms with Gasteiger partial charge in [-0.25, -0.2) is 4.79 Å². The van der Waals surface area contributed by atoms with Crippen molar-refractivity contribution < 1.29 is 14.3 Å². The van der Waals surface area contributed by atoms with E-state index in [4.69, 9.17) is 27.9 Å². The van der Waals surface area contributed by atoms with Crippen LogP contribution in [0.15, 0.2) is 18.2 Å². The quantitative estimate of drug-likeness (QED) is 0.528. The summed E-state index contributed by atoms with van der Waals surface area (Å²) in [5.41, 5.74) is 1.99. The zero-order valence-corrected chi connectivity index (χ0v) is 19.4. The van der Waals surface area contributed by atoms with E-state index < -0.39 is 5.97 Å². The molecule has 1 atom stereocenters. The number of hydrogen-bond donors (Lipinski definition) is 1. The fourth-order valence-electron chi connectivity index (χ4n) is 3.68. The van der Waals surface area contributed by atoms with Crippen LogP contribution < -0.4 is 5.32 Å². The number of thiophene rings is 1. The highest BCUT2D eigenvalue weighted by Gasteiger charge is 2.34. The molecule has 4 nitrogen and oxygen atoms in total. The zero-order chi connectivity index (χ0) is 21.3. The first-order valence-corrected chi connectivity index (χ1v) is 11.3. The standard InChI is InChI=1S/C22H25Cl2NO3S/c1-5-28-21(27)18-15-8-6-12(22(2,3)4)10-17(15)29-20(18)25-19(26)14-9-7-13(23)11-16(14)24/h7,9,11-12H,5-6,8,10H2,1-4H3,(H,25,26). The maximum atomic E-state index is 12.8. The summed E-state index contributed by atoms with van der Waals surface area (Å²) in [4.78, 5) is 26.7. The van der Waals surface area contributed by atoms with Crippen molar-refractivity contribution in [1.82, 2.24) is 0 Å². The van der Waals surface area contributed by atoms with Crippen LogP contribution in [0, 0.1) is 11.3 Å². The third-order valence-corrected chi connectivity index (χ3v) is 7.09. The Bertz CT molecular complexity index is 946. The van der Waals surface area contributed by atoms with Crippen molar-refractivity contribution in [2.24, 2.45) is 11.3 Å². The molecular weight excluding hydrogens is 429 g/mol. The van der Waals surface area contributed by atoms with Crippen molar-refractivity contribution in [3.05, 3.63) is 49.8 Å². The van der Waals surface area contributed by atoms with Crippen LogP contribution in [0.3, 0.4) is 0 Å². The molecule has 1 aromatic heterocycles. The second kappa shape index (κ2) is 8.66. The summed E-state index contributed by atoms with van der Waals surface area (Å²) in [5.74, 6) is -0.238. The molecule has 3 rings (SSSR count). The van der Waals surface area contributed by atoms with E-state index in [0.717, 1.165) is 29.7 Å². The van der Waals surface area contributed by atoms with Crippen LogP contribution in [0.2, 0.25) is 10.0 Å². The lowest BCUT2D eigenvalue weighted by Gasteiger charge is -2.33. The van der Waals surface area contributed by atoms with Gasteiger partial charge in [0, 0.05) is 9.90 Å². The summed E-state index contributed by atoms with van der Waals surface area (Å²) in [6.07, 6.45) is 2.71. The minimum Gasteiger partial charge on any atom is -0.462 e. The molecule has 1 heterocycles. The summed E-state index contributed by atoms with van der Waals surface area (Å²) in [6, 6.07) is 4.72. The van der Waals surface area contributed by atoms with Gasteiger partial charge in [0.15, 0.2) is 0 Å². The lowest BCUT2D eigenvalue weighted by atomic mass is 9.72. The molecule has 7 heteroatoms. The van der Waals surface area contributed by atoms with Crippen molar-refractivity contribution >= 4 is 51.4 Å². The van der Waals surface area contributed by atoms with Crippen LogP contribution in [0.5, 0.6) is 0 Å². The molecule has 0 radical (unpaired) electrons. The van der Waals surface area contributed by atoms with Crippen molar-refractivity contribution in [2.75, 3.05) is 11.9 Å². The van der Waals surface area contributed by atoms with Gasteiger partial charge in [-0.15, -0.1) is 11.3 Å². The maximum absolute atomic E-state index is 12.8. The minimum atomic E-state index is -0.392.